The highest BCUT2D eigenvalue weighted by Gasteiger charge is 2.27. The van der Waals surface area contributed by atoms with Crippen molar-refractivity contribution in [2.24, 2.45) is 0 Å². The highest BCUT2D eigenvalue weighted by atomic mass is 19.1. The van der Waals surface area contributed by atoms with Crippen molar-refractivity contribution in [1.29, 1.82) is 0 Å². The summed E-state index contributed by atoms with van der Waals surface area (Å²) in [4.78, 5) is 19.9. The highest BCUT2D eigenvalue weighted by molar-refractivity contribution is 5.94. The number of nitrogens with zero attached hydrogens (tertiary/aromatic N) is 5. The molecule has 1 unspecified atom stereocenters. The third kappa shape index (κ3) is 4.01. The first-order valence-corrected chi connectivity index (χ1v) is 10.7. The minimum Gasteiger partial charge on any atom is -0.338 e. The summed E-state index contributed by atoms with van der Waals surface area (Å²) in [5.41, 5.74) is 3.47. The van der Waals surface area contributed by atoms with Gasteiger partial charge in [-0.15, -0.1) is 10.2 Å². The van der Waals surface area contributed by atoms with Gasteiger partial charge in [0, 0.05) is 41.5 Å². The number of carbonyl (C=O) groups is 1. The predicted octanol–water partition coefficient (Wildman–Crippen LogP) is 4.49. The van der Waals surface area contributed by atoms with Gasteiger partial charge in [0.25, 0.3) is 5.91 Å². The molecule has 1 amide bonds. The van der Waals surface area contributed by atoms with Crippen LogP contribution in [0.15, 0.2) is 79.4 Å². The Morgan fingerprint density at radius 2 is 1.78 bits per heavy atom. The molecule has 0 aliphatic carbocycles. The summed E-state index contributed by atoms with van der Waals surface area (Å²) in [6.07, 6.45) is 5.05. The maximum absolute atomic E-state index is 14.2. The van der Waals surface area contributed by atoms with Gasteiger partial charge in [-0.1, -0.05) is 24.3 Å². The van der Waals surface area contributed by atoms with Crippen molar-refractivity contribution >= 4 is 5.91 Å². The number of piperidine rings is 1. The van der Waals surface area contributed by atoms with E-state index in [1.165, 1.54) is 6.07 Å². The Balaban J connectivity index is 1.36. The van der Waals surface area contributed by atoms with Crippen molar-refractivity contribution < 1.29 is 9.18 Å². The zero-order valence-electron chi connectivity index (χ0n) is 17.4. The van der Waals surface area contributed by atoms with Crippen LogP contribution < -0.4 is 0 Å². The molecule has 32 heavy (non-hydrogen) atoms. The number of benzene rings is 2. The summed E-state index contributed by atoms with van der Waals surface area (Å²) in [7, 11) is 0. The van der Waals surface area contributed by atoms with Crippen molar-refractivity contribution in [3.8, 4) is 16.9 Å². The number of amides is 1. The Morgan fingerprint density at radius 3 is 2.62 bits per heavy atom. The van der Waals surface area contributed by atoms with E-state index in [1.807, 2.05) is 53.4 Å². The maximum atomic E-state index is 14.2. The van der Waals surface area contributed by atoms with Gasteiger partial charge < -0.3 is 4.90 Å². The Bertz CT molecular complexity index is 1240. The molecule has 160 valence electrons. The van der Waals surface area contributed by atoms with Crippen molar-refractivity contribution in [1.82, 2.24) is 24.6 Å². The summed E-state index contributed by atoms with van der Waals surface area (Å²) in [5.74, 6) is -0.180. The zero-order chi connectivity index (χ0) is 21.9. The van der Waals surface area contributed by atoms with Crippen LogP contribution in [-0.2, 0) is 0 Å². The van der Waals surface area contributed by atoms with Gasteiger partial charge in [-0.05, 0) is 55.3 Å². The lowest BCUT2D eigenvalue weighted by Gasteiger charge is -2.32. The van der Waals surface area contributed by atoms with E-state index in [1.54, 1.807) is 29.4 Å². The minimum absolute atomic E-state index is 0.00474. The summed E-state index contributed by atoms with van der Waals surface area (Å²) in [6, 6.07) is 19.8. The number of carbonyl (C=O) groups excluding carboxylic acids is 1. The van der Waals surface area contributed by atoms with E-state index >= 15 is 0 Å². The normalized spacial score (nSPS) is 16.2. The third-order valence-corrected chi connectivity index (χ3v) is 5.86. The van der Waals surface area contributed by atoms with E-state index in [0.717, 1.165) is 24.2 Å². The first kappa shape index (κ1) is 20.1. The smallest absolute Gasteiger partial charge is 0.253 e. The van der Waals surface area contributed by atoms with Gasteiger partial charge in [0.2, 0.25) is 0 Å². The number of halogens is 1. The lowest BCUT2D eigenvalue weighted by molar-refractivity contribution is 0.0706. The molecule has 0 radical (unpaired) electrons. The third-order valence-electron chi connectivity index (χ3n) is 5.86. The maximum Gasteiger partial charge on any atom is 0.253 e. The Hall–Kier alpha value is -3.87. The molecule has 4 aromatic rings. The van der Waals surface area contributed by atoms with Crippen LogP contribution >= 0.6 is 0 Å². The van der Waals surface area contributed by atoms with Gasteiger partial charge in [-0.2, -0.15) is 0 Å². The molecule has 1 saturated heterocycles. The molecule has 1 atom stereocenters. The van der Waals surface area contributed by atoms with E-state index in [4.69, 9.17) is 4.98 Å². The van der Waals surface area contributed by atoms with Gasteiger partial charge in [-0.3, -0.25) is 14.3 Å². The van der Waals surface area contributed by atoms with Crippen LogP contribution in [0.25, 0.3) is 16.9 Å². The number of likely N-dealkylation sites (tertiary alicyclic amines) is 1. The molecule has 2 aromatic carbocycles. The van der Waals surface area contributed by atoms with Gasteiger partial charge in [0.1, 0.15) is 18.5 Å². The predicted molar refractivity (Wildman–Crippen MR) is 119 cm³/mol. The van der Waals surface area contributed by atoms with Crippen molar-refractivity contribution in [2.45, 2.75) is 18.8 Å². The fraction of sp³-hybridized carbons (Fsp3) is 0.200. The summed E-state index contributed by atoms with van der Waals surface area (Å²) < 4.78 is 16.0. The molecular weight excluding hydrogens is 405 g/mol. The second-order valence-electron chi connectivity index (χ2n) is 7.94. The number of hydrogen-bond acceptors (Lipinski definition) is 4. The monoisotopic (exact) mass is 427 g/mol. The molecule has 1 aliphatic rings. The van der Waals surface area contributed by atoms with Crippen molar-refractivity contribution in [2.75, 3.05) is 13.1 Å². The van der Waals surface area contributed by atoms with E-state index in [-0.39, 0.29) is 17.6 Å². The van der Waals surface area contributed by atoms with Crippen molar-refractivity contribution in [3.63, 3.8) is 0 Å². The average Bonchev–Trinajstić information content (AvgIpc) is 3.39. The topological polar surface area (TPSA) is 63.9 Å². The summed E-state index contributed by atoms with van der Waals surface area (Å²) in [5, 5.41) is 7.66. The molecule has 0 saturated carbocycles. The molecule has 5 rings (SSSR count). The van der Waals surface area contributed by atoms with Crippen LogP contribution in [0, 0.1) is 5.82 Å². The molecular formula is C25H22FN5O. The van der Waals surface area contributed by atoms with E-state index in [9.17, 15) is 9.18 Å². The number of hydrogen-bond donors (Lipinski definition) is 0. The van der Waals surface area contributed by atoms with Crippen LogP contribution in [-0.4, -0.2) is 43.6 Å². The van der Waals surface area contributed by atoms with E-state index in [2.05, 4.69) is 10.2 Å². The first-order chi connectivity index (χ1) is 15.7. The standard InChI is InChI=1S/C25H22FN5O/c26-22-10-2-1-9-21(22)24-12-4-11-23(29-24)19-7-5-13-30(15-19)25(32)18-6-3-8-20(14-18)31-16-27-28-17-31/h1-4,6,8-12,14,16-17,19H,5,7,13,15H2. The molecule has 1 fully saturated rings. The molecule has 2 aromatic heterocycles. The van der Waals surface area contributed by atoms with Crippen LogP contribution in [0.3, 0.4) is 0 Å². The first-order valence-electron chi connectivity index (χ1n) is 10.7. The minimum atomic E-state index is -0.287. The second kappa shape index (κ2) is 8.70. The quantitative estimate of drug-likeness (QED) is 0.481. The van der Waals surface area contributed by atoms with Crippen LogP contribution in [0.1, 0.15) is 34.8 Å². The lowest BCUT2D eigenvalue weighted by atomic mass is 9.93. The van der Waals surface area contributed by atoms with Gasteiger partial charge in [-0.25, -0.2) is 4.39 Å². The molecule has 0 spiro atoms. The second-order valence-corrected chi connectivity index (χ2v) is 7.94. The largest absolute Gasteiger partial charge is 0.338 e. The SMILES string of the molecule is O=C(c1cccc(-n2cnnc2)c1)N1CCCC(c2cccc(-c3ccccc3F)n2)C1. The summed E-state index contributed by atoms with van der Waals surface area (Å²) >= 11 is 0. The molecule has 7 heteroatoms. The molecule has 3 heterocycles. The molecule has 1 aliphatic heterocycles. The summed E-state index contributed by atoms with van der Waals surface area (Å²) in [6.45, 7) is 1.29. The molecule has 0 N–H and O–H groups in total. The number of pyridine rings is 1. The molecule has 6 nitrogen and oxygen atoms in total. The van der Waals surface area contributed by atoms with E-state index in [0.29, 0.717) is 29.9 Å². The van der Waals surface area contributed by atoms with E-state index < -0.39 is 0 Å². The van der Waals surface area contributed by atoms with Gasteiger partial charge in [0.15, 0.2) is 0 Å². The van der Waals surface area contributed by atoms with Crippen molar-refractivity contribution in [3.05, 3.63) is 96.5 Å². The highest BCUT2D eigenvalue weighted by Crippen LogP contribution is 2.29. The Labute approximate surface area is 185 Å². The fourth-order valence-electron chi connectivity index (χ4n) is 4.22. The van der Waals surface area contributed by atoms with Crippen LogP contribution in [0.5, 0.6) is 0 Å². The van der Waals surface area contributed by atoms with Crippen LogP contribution in [0.2, 0.25) is 0 Å². The zero-order valence-corrected chi connectivity index (χ0v) is 17.4. The number of rotatable bonds is 4. The van der Waals surface area contributed by atoms with Gasteiger partial charge in [0.05, 0.1) is 5.69 Å². The Morgan fingerprint density at radius 1 is 0.969 bits per heavy atom. The molecule has 0 bridgehead atoms. The van der Waals surface area contributed by atoms with Gasteiger partial charge >= 0.3 is 0 Å². The fourth-order valence-corrected chi connectivity index (χ4v) is 4.22. The number of aromatic nitrogens is 4. The average molecular weight is 427 g/mol. The van der Waals surface area contributed by atoms with Crippen LogP contribution in [0.4, 0.5) is 4.39 Å². The Kier molecular flexibility index (Phi) is 5.46. The lowest BCUT2D eigenvalue weighted by Crippen LogP contribution is -2.39.